The van der Waals surface area contributed by atoms with Crippen LogP contribution in [0.15, 0.2) is 12.4 Å². The average molecular weight is 170 g/mol. The lowest BCUT2D eigenvalue weighted by Gasteiger charge is -1.93. The molecule has 58 valence electrons. The number of carboxylic acids is 1. The zero-order valence-corrected chi connectivity index (χ0v) is 6.45. The van der Waals surface area contributed by atoms with Crippen molar-refractivity contribution in [1.29, 1.82) is 0 Å². The molecule has 0 atom stereocenters. The molecule has 0 bridgehead atoms. The maximum absolute atomic E-state index is 10.3. The minimum absolute atomic E-state index is 0.0931. The lowest BCUT2D eigenvalue weighted by molar-refractivity contribution is 0.0696. The second-order valence-corrected chi connectivity index (χ2v) is 2.17. The van der Waals surface area contributed by atoms with Gasteiger partial charge in [-0.3, -0.25) is 0 Å². The third-order valence-electron chi connectivity index (χ3n) is 1.09. The third kappa shape index (κ3) is 1.91. The van der Waals surface area contributed by atoms with E-state index in [0.717, 1.165) is 0 Å². The molecule has 0 aliphatic heterocycles. The van der Waals surface area contributed by atoms with Crippen LogP contribution in [0.3, 0.4) is 0 Å². The van der Waals surface area contributed by atoms with Crippen LogP contribution in [0.4, 0.5) is 0 Å². The number of rotatable bonds is 2. The van der Waals surface area contributed by atoms with Gasteiger partial charge in [-0.05, 0) is 0 Å². The molecule has 0 aliphatic rings. The molecule has 1 rings (SSSR count). The minimum atomic E-state index is -1.02. The summed E-state index contributed by atoms with van der Waals surface area (Å²) < 4.78 is 0. The predicted molar refractivity (Wildman–Crippen MR) is 41.7 cm³/mol. The van der Waals surface area contributed by atoms with Crippen molar-refractivity contribution >= 4 is 18.6 Å². The fourth-order valence-electron chi connectivity index (χ4n) is 0.547. The highest BCUT2D eigenvalue weighted by Gasteiger charge is 2.02. The van der Waals surface area contributed by atoms with E-state index >= 15 is 0 Å². The summed E-state index contributed by atoms with van der Waals surface area (Å²) in [6.45, 7) is 0. The van der Waals surface area contributed by atoms with Crippen molar-refractivity contribution in [2.45, 2.75) is 5.75 Å². The third-order valence-corrected chi connectivity index (χ3v) is 1.38. The Hall–Kier alpha value is -1.10. The van der Waals surface area contributed by atoms with Gasteiger partial charge in [0, 0.05) is 12.4 Å². The minimum Gasteiger partial charge on any atom is -0.478 e. The molecule has 0 aromatic carbocycles. The van der Waals surface area contributed by atoms with Crippen LogP contribution in [0, 0.1) is 0 Å². The van der Waals surface area contributed by atoms with Gasteiger partial charge in [0.1, 0.15) is 5.82 Å². The van der Waals surface area contributed by atoms with E-state index in [1.165, 1.54) is 12.4 Å². The summed E-state index contributed by atoms with van der Waals surface area (Å²) in [7, 11) is 0. The lowest BCUT2D eigenvalue weighted by atomic mass is 10.3. The van der Waals surface area contributed by atoms with Crippen molar-refractivity contribution in [2.24, 2.45) is 0 Å². The Kier molecular flexibility index (Phi) is 2.43. The fourth-order valence-corrected chi connectivity index (χ4v) is 0.710. The molecule has 11 heavy (non-hydrogen) atoms. The van der Waals surface area contributed by atoms with Crippen molar-refractivity contribution in [1.82, 2.24) is 9.97 Å². The monoisotopic (exact) mass is 170 g/mol. The van der Waals surface area contributed by atoms with Crippen LogP contribution >= 0.6 is 12.6 Å². The Bertz CT molecular complexity index is 260. The Morgan fingerprint density at radius 1 is 1.55 bits per heavy atom. The Morgan fingerprint density at radius 3 is 2.45 bits per heavy atom. The lowest BCUT2D eigenvalue weighted by Crippen LogP contribution is -2.00. The van der Waals surface area contributed by atoms with E-state index in [1.807, 2.05) is 0 Å². The van der Waals surface area contributed by atoms with Crippen LogP contribution in [0.5, 0.6) is 0 Å². The second kappa shape index (κ2) is 3.34. The van der Waals surface area contributed by atoms with E-state index in [4.69, 9.17) is 5.11 Å². The summed E-state index contributed by atoms with van der Waals surface area (Å²) in [6, 6.07) is 0. The summed E-state index contributed by atoms with van der Waals surface area (Å²) in [5.74, 6) is -0.0751. The maximum Gasteiger partial charge on any atom is 0.338 e. The van der Waals surface area contributed by atoms with Crippen molar-refractivity contribution in [3.63, 3.8) is 0 Å². The van der Waals surface area contributed by atoms with Crippen molar-refractivity contribution < 1.29 is 9.90 Å². The highest BCUT2D eigenvalue weighted by molar-refractivity contribution is 7.79. The zero-order valence-electron chi connectivity index (χ0n) is 5.56. The number of aromatic nitrogens is 2. The van der Waals surface area contributed by atoms with Gasteiger partial charge in [-0.15, -0.1) is 0 Å². The molecule has 1 heterocycles. The van der Waals surface area contributed by atoms with Crippen LogP contribution in [0.25, 0.3) is 0 Å². The summed E-state index contributed by atoms with van der Waals surface area (Å²) in [5.41, 5.74) is 0.0931. The molecular weight excluding hydrogens is 164 g/mol. The molecule has 4 nitrogen and oxygen atoms in total. The van der Waals surface area contributed by atoms with Gasteiger partial charge in [0.2, 0.25) is 0 Å². The molecule has 5 heteroatoms. The number of carboxylic acid groups (broad SMARTS) is 1. The molecule has 1 aromatic heterocycles. The van der Waals surface area contributed by atoms with Gasteiger partial charge in [0.05, 0.1) is 11.3 Å². The number of nitrogens with zero attached hydrogens (tertiary/aromatic N) is 2. The molecule has 0 saturated heterocycles. The number of hydrogen-bond donors (Lipinski definition) is 2. The predicted octanol–water partition coefficient (Wildman–Crippen LogP) is 0.605. The van der Waals surface area contributed by atoms with E-state index < -0.39 is 5.97 Å². The largest absolute Gasteiger partial charge is 0.478 e. The molecule has 0 saturated carbocycles. The van der Waals surface area contributed by atoms with E-state index in [-0.39, 0.29) is 5.56 Å². The SMILES string of the molecule is O=C(O)c1cnc(CS)nc1. The summed E-state index contributed by atoms with van der Waals surface area (Å²) in [4.78, 5) is 17.8. The van der Waals surface area contributed by atoms with Gasteiger partial charge >= 0.3 is 5.97 Å². The van der Waals surface area contributed by atoms with Crippen molar-refractivity contribution in [2.75, 3.05) is 0 Å². The Balaban J connectivity index is 2.91. The first kappa shape index (κ1) is 8.00. The summed E-state index contributed by atoms with van der Waals surface area (Å²) in [5, 5.41) is 8.45. The van der Waals surface area contributed by atoms with Gasteiger partial charge in [-0.2, -0.15) is 12.6 Å². The highest BCUT2D eigenvalue weighted by atomic mass is 32.1. The van der Waals surface area contributed by atoms with Crippen LogP contribution < -0.4 is 0 Å². The van der Waals surface area contributed by atoms with Crippen LogP contribution in [-0.2, 0) is 5.75 Å². The van der Waals surface area contributed by atoms with E-state index in [9.17, 15) is 4.79 Å². The van der Waals surface area contributed by atoms with Crippen molar-refractivity contribution in [3.8, 4) is 0 Å². The quantitative estimate of drug-likeness (QED) is 0.638. The molecule has 0 spiro atoms. The molecule has 0 aliphatic carbocycles. The van der Waals surface area contributed by atoms with Gasteiger partial charge in [0.25, 0.3) is 0 Å². The molecule has 0 fully saturated rings. The summed E-state index contributed by atoms with van der Waals surface area (Å²) >= 11 is 3.92. The van der Waals surface area contributed by atoms with Crippen molar-refractivity contribution in [3.05, 3.63) is 23.8 Å². The number of aromatic carboxylic acids is 1. The first-order valence-corrected chi connectivity index (χ1v) is 3.52. The van der Waals surface area contributed by atoms with E-state index in [1.54, 1.807) is 0 Å². The van der Waals surface area contributed by atoms with Gasteiger partial charge in [-0.25, -0.2) is 14.8 Å². The van der Waals surface area contributed by atoms with E-state index in [0.29, 0.717) is 11.6 Å². The number of hydrogen-bond acceptors (Lipinski definition) is 4. The second-order valence-electron chi connectivity index (χ2n) is 1.85. The van der Waals surface area contributed by atoms with Gasteiger partial charge in [0.15, 0.2) is 0 Å². The first-order chi connectivity index (χ1) is 5.24. The first-order valence-electron chi connectivity index (χ1n) is 2.89. The smallest absolute Gasteiger partial charge is 0.338 e. The molecule has 1 N–H and O–H groups in total. The zero-order chi connectivity index (χ0) is 8.27. The van der Waals surface area contributed by atoms with Crippen LogP contribution in [0.1, 0.15) is 16.2 Å². The number of carbonyl (C=O) groups is 1. The topological polar surface area (TPSA) is 63.1 Å². The Morgan fingerprint density at radius 2 is 2.09 bits per heavy atom. The summed E-state index contributed by atoms with van der Waals surface area (Å²) in [6.07, 6.45) is 2.53. The van der Waals surface area contributed by atoms with Gasteiger partial charge < -0.3 is 5.11 Å². The van der Waals surface area contributed by atoms with Crippen LogP contribution in [0.2, 0.25) is 0 Å². The van der Waals surface area contributed by atoms with E-state index in [2.05, 4.69) is 22.6 Å². The standard InChI is InChI=1S/C6H6N2O2S/c9-6(10)4-1-7-5(3-11)8-2-4/h1-2,11H,3H2,(H,9,10). The fraction of sp³-hybridized carbons (Fsp3) is 0.167. The average Bonchev–Trinajstić information content (AvgIpc) is 2.05. The molecule has 0 unspecified atom stereocenters. The molecule has 1 aromatic rings. The van der Waals surface area contributed by atoms with Gasteiger partial charge in [-0.1, -0.05) is 0 Å². The Labute approximate surface area is 68.7 Å². The highest BCUT2D eigenvalue weighted by Crippen LogP contribution is 1.97. The van der Waals surface area contributed by atoms with Crippen LogP contribution in [-0.4, -0.2) is 21.0 Å². The normalized spacial score (nSPS) is 9.55. The molecule has 0 amide bonds. The molecule has 0 radical (unpaired) electrons. The maximum atomic E-state index is 10.3. The molecular formula is C6H6N2O2S. The number of thiol groups is 1.